The lowest BCUT2D eigenvalue weighted by Crippen LogP contribution is -2.19. The van der Waals surface area contributed by atoms with Gasteiger partial charge in [-0.2, -0.15) is 0 Å². The monoisotopic (exact) mass is 281 g/mol. The van der Waals surface area contributed by atoms with Gasteiger partial charge in [-0.25, -0.2) is 4.98 Å². The average molecular weight is 281 g/mol. The quantitative estimate of drug-likeness (QED) is 0.939. The van der Waals surface area contributed by atoms with E-state index < -0.39 is 0 Å². The van der Waals surface area contributed by atoms with E-state index in [2.05, 4.69) is 15.2 Å². The molecule has 0 radical (unpaired) electrons. The zero-order valence-electron chi connectivity index (χ0n) is 12.2. The summed E-state index contributed by atoms with van der Waals surface area (Å²) in [6, 6.07) is 11.5. The molecular formula is C17H19N3O. The molecule has 1 amide bonds. The molecule has 3 rings (SSSR count). The third kappa shape index (κ3) is 3.21. The van der Waals surface area contributed by atoms with E-state index in [0.717, 1.165) is 24.5 Å². The first-order chi connectivity index (χ1) is 10.2. The fourth-order valence-corrected chi connectivity index (χ4v) is 2.51. The Balaban J connectivity index is 1.68. The molecule has 0 aliphatic carbocycles. The van der Waals surface area contributed by atoms with Crippen molar-refractivity contribution < 1.29 is 4.79 Å². The Hall–Kier alpha value is -2.36. The molecule has 1 aliphatic heterocycles. The lowest BCUT2D eigenvalue weighted by atomic mass is 10.2. The average Bonchev–Trinajstić information content (AvgIpc) is 3.04. The van der Waals surface area contributed by atoms with E-state index in [4.69, 9.17) is 0 Å². The summed E-state index contributed by atoms with van der Waals surface area (Å²) >= 11 is 0. The largest absolute Gasteiger partial charge is 0.370 e. The van der Waals surface area contributed by atoms with Crippen LogP contribution in [0.25, 0.3) is 0 Å². The Morgan fingerprint density at radius 3 is 2.43 bits per heavy atom. The summed E-state index contributed by atoms with van der Waals surface area (Å²) in [6.07, 6.45) is 4.25. The van der Waals surface area contributed by atoms with Crippen molar-refractivity contribution in [3.05, 3.63) is 53.9 Å². The summed E-state index contributed by atoms with van der Waals surface area (Å²) in [5.74, 6) is -0.174. The summed E-state index contributed by atoms with van der Waals surface area (Å²) in [6.45, 7) is 4.18. The number of aryl methyl sites for hydroxylation is 1. The lowest BCUT2D eigenvalue weighted by Gasteiger charge is -2.16. The minimum absolute atomic E-state index is 0.174. The predicted molar refractivity (Wildman–Crippen MR) is 84.8 cm³/mol. The van der Waals surface area contributed by atoms with Gasteiger partial charge in [-0.1, -0.05) is 17.7 Å². The van der Waals surface area contributed by atoms with Gasteiger partial charge in [0.25, 0.3) is 5.91 Å². The van der Waals surface area contributed by atoms with Crippen molar-refractivity contribution in [3.8, 4) is 0 Å². The van der Waals surface area contributed by atoms with Crippen LogP contribution in [0.4, 0.5) is 11.4 Å². The molecule has 1 aliphatic rings. The van der Waals surface area contributed by atoms with Crippen LogP contribution in [-0.2, 0) is 0 Å². The van der Waals surface area contributed by atoms with Crippen LogP contribution in [0.5, 0.6) is 0 Å². The number of nitrogens with zero attached hydrogens (tertiary/aromatic N) is 2. The summed E-state index contributed by atoms with van der Waals surface area (Å²) in [5.41, 5.74) is 3.50. The molecule has 4 heteroatoms. The van der Waals surface area contributed by atoms with Crippen molar-refractivity contribution in [1.82, 2.24) is 4.98 Å². The number of carbonyl (C=O) groups excluding carboxylic acids is 1. The van der Waals surface area contributed by atoms with Gasteiger partial charge in [0.2, 0.25) is 0 Å². The van der Waals surface area contributed by atoms with E-state index in [1.54, 1.807) is 12.3 Å². The van der Waals surface area contributed by atoms with Crippen molar-refractivity contribution in [2.75, 3.05) is 23.3 Å². The summed E-state index contributed by atoms with van der Waals surface area (Å²) in [5, 5.41) is 2.86. The van der Waals surface area contributed by atoms with Gasteiger partial charge in [0.15, 0.2) is 0 Å². The molecule has 0 saturated carbocycles. The molecule has 4 nitrogen and oxygen atoms in total. The summed E-state index contributed by atoms with van der Waals surface area (Å²) < 4.78 is 0. The zero-order chi connectivity index (χ0) is 14.7. The number of carbonyl (C=O) groups is 1. The second-order valence-electron chi connectivity index (χ2n) is 5.42. The van der Waals surface area contributed by atoms with E-state index in [-0.39, 0.29) is 5.91 Å². The fraction of sp³-hybridized carbons (Fsp3) is 0.294. The molecule has 0 spiro atoms. The van der Waals surface area contributed by atoms with Gasteiger partial charge in [-0.3, -0.25) is 4.79 Å². The molecule has 2 aromatic rings. The molecule has 0 bridgehead atoms. The maximum Gasteiger partial charge on any atom is 0.274 e. The van der Waals surface area contributed by atoms with Gasteiger partial charge in [0.05, 0.1) is 11.9 Å². The second kappa shape index (κ2) is 5.95. The lowest BCUT2D eigenvalue weighted by molar-refractivity contribution is 0.102. The highest BCUT2D eigenvalue weighted by atomic mass is 16.1. The first-order valence-corrected chi connectivity index (χ1v) is 7.31. The maximum absolute atomic E-state index is 12.1. The number of hydrogen-bond donors (Lipinski definition) is 1. The number of anilines is 2. The molecule has 21 heavy (non-hydrogen) atoms. The van der Waals surface area contributed by atoms with Crippen molar-refractivity contribution in [2.24, 2.45) is 0 Å². The number of pyridine rings is 1. The normalized spacial score (nSPS) is 14.2. The topological polar surface area (TPSA) is 45.2 Å². The molecule has 0 unspecified atom stereocenters. The van der Waals surface area contributed by atoms with Crippen LogP contribution in [0.2, 0.25) is 0 Å². The number of hydrogen-bond acceptors (Lipinski definition) is 3. The molecule has 1 aromatic heterocycles. The summed E-state index contributed by atoms with van der Waals surface area (Å²) in [7, 11) is 0. The van der Waals surface area contributed by atoms with Crippen LogP contribution < -0.4 is 10.2 Å². The maximum atomic E-state index is 12.1. The van der Waals surface area contributed by atoms with Gasteiger partial charge < -0.3 is 10.2 Å². The fourth-order valence-electron chi connectivity index (χ4n) is 2.51. The van der Waals surface area contributed by atoms with E-state index in [1.165, 1.54) is 18.4 Å². The Morgan fingerprint density at radius 2 is 1.81 bits per heavy atom. The van der Waals surface area contributed by atoms with Crippen molar-refractivity contribution in [1.29, 1.82) is 0 Å². The first-order valence-electron chi connectivity index (χ1n) is 7.31. The minimum atomic E-state index is -0.174. The number of benzene rings is 1. The molecule has 108 valence electrons. The van der Waals surface area contributed by atoms with Crippen molar-refractivity contribution in [2.45, 2.75) is 19.8 Å². The molecule has 1 fully saturated rings. The molecule has 1 saturated heterocycles. The Morgan fingerprint density at radius 1 is 1.10 bits per heavy atom. The highest BCUT2D eigenvalue weighted by molar-refractivity contribution is 6.02. The highest BCUT2D eigenvalue weighted by Gasteiger charge is 2.14. The molecule has 0 atom stereocenters. The molecular weight excluding hydrogens is 262 g/mol. The summed E-state index contributed by atoms with van der Waals surface area (Å²) in [4.78, 5) is 18.7. The standard InChI is InChI=1S/C17H19N3O/c1-13-4-6-14(7-5-13)19-17(21)16-9-8-15(12-18-16)20-10-2-3-11-20/h4-9,12H,2-3,10-11H2,1H3,(H,19,21). The van der Waals surface area contributed by atoms with Crippen LogP contribution in [0.15, 0.2) is 42.6 Å². The number of amides is 1. The van der Waals surface area contributed by atoms with E-state index >= 15 is 0 Å². The molecule has 1 N–H and O–H groups in total. The first kappa shape index (κ1) is 13.6. The number of aromatic nitrogens is 1. The van der Waals surface area contributed by atoms with Crippen LogP contribution in [0, 0.1) is 6.92 Å². The van der Waals surface area contributed by atoms with Crippen molar-refractivity contribution >= 4 is 17.3 Å². The van der Waals surface area contributed by atoms with Crippen molar-refractivity contribution in [3.63, 3.8) is 0 Å². The minimum Gasteiger partial charge on any atom is -0.370 e. The van der Waals surface area contributed by atoms with E-state index in [9.17, 15) is 4.79 Å². The third-order valence-electron chi connectivity index (χ3n) is 3.76. The van der Waals surface area contributed by atoms with Gasteiger partial charge in [-0.15, -0.1) is 0 Å². The Kier molecular flexibility index (Phi) is 3.86. The number of rotatable bonds is 3. The van der Waals surface area contributed by atoms with E-state index in [0.29, 0.717) is 5.69 Å². The third-order valence-corrected chi connectivity index (χ3v) is 3.76. The smallest absolute Gasteiger partial charge is 0.274 e. The molecule has 2 heterocycles. The molecule has 1 aromatic carbocycles. The second-order valence-corrected chi connectivity index (χ2v) is 5.42. The van der Waals surface area contributed by atoms with Crippen LogP contribution in [0.1, 0.15) is 28.9 Å². The van der Waals surface area contributed by atoms with Crippen LogP contribution >= 0.6 is 0 Å². The number of nitrogens with one attached hydrogen (secondary N) is 1. The zero-order valence-corrected chi connectivity index (χ0v) is 12.2. The SMILES string of the molecule is Cc1ccc(NC(=O)c2ccc(N3CCCC3)cn2)cc1. The van der Waals surface area contributed by atoms with Crippen LogP contribution in [-0.4, -0.2) is 24.0 Å². The Labute approximate surface area is 124 Å². The van der Waals surface area contributed by atoms with Gasteiger partial charge in [0, 0.05) is 18.8 Å². The predicted octanol–water partition coefficient (Wildman–Crippen LogP) is 3.24. The van der Waals surface area contributed by atoms with E-state index in [1.807, 2.05) is 37.3 Å². The highest BCUT2D eigenvalue weighted by Crippen LogP contribution is 2.19. The van der Waals surface area contributed by atoms with Gasteiger partial charge in [0.1, 0.15) is 5.69 Å². The Bertz CT molecular complexity index is 613. The van der Waals surface area contributed by atoms with Gasteiger partial charge >= 0.3 is 0 Å². The van der Waals surface area contributed by atoms with Crippen LogP contribution in [0.3, 0.4) is 0 Å². The van der Waals surface area contributed by atoms with Gasteiger partial charge in [-0.05, 0) is 44.0 Å².